The van der Waals surface area contributed by atoms with Crippen molar-refractivity contribution in [3.63, 3.8) is 0 Å². The first kappa shape index (κ1) is 17.3. The lowest BCUT2D eigenvalue weighted by atomic mass is 10.1. The Kier molecular flexibility index (Phi) is 5.89. The molecule has 0 atom stereocenters. The van der Waals surface area contributed by atoms with E-state index in [1.54, 1.807) is 24.5 Å². The molecular formula is C20H19FN2O2. The number of benzene rings is 1. The summed E-state index contributed by atoms with van der Waals surface area (Å²) in [6, 6.07) is 6.05. The van der Waals surface area contributed by atoms with Crippen LogP contribution in [0.4, 0.5) is 4.39 Å². The molecule has 1 aliphatic rings. The summed E-state index contributed by atoms with van der Waals surface area (Å²) < 4.78 is 24.2. The second-order valence-corrected chi connectivity index (χ2v) is 5.74. The average Bonchev–Trinajstić information content (AvgIpc) is 2.67. The molecule has 5 heteroatoms. The molecule has 1 aliphatic heterocycles. The Morgan fingerprint density at radius 3 is 2.48 bits per heavy atom. The van der Waals surface area contributed by atoms with Crippen molar-refractivity contribution in [3.8, 4) is 23.2 Å². The van der Waals surface area contributed by atoms with Gasteiger partial charge in [0.05, 0.1) is 18.8 Å². The highest BCUT2D eigenvalue weighted by Crippen LogP contribution is 2.16. The summed E-state index contributed by atoms with van der Waals surface area (Å²) in [7, 11) is 0. The van der Waals surface area contributed by atoms with E-state index in [0.717, 1.165) is 12.0 Å². The SMILES string of the molecule is CC=CCC1COC(C#Cc2cnc(-c3ccc(F)cc3)nc2)OC1. The molecule has 0 saturated carbocycles. The summed E-state index contributed by atoms with van der Waals surface area (Å²) in [4.78, 5) is 8.53. The van der Waals surface area contributed by atoms with Crippen molar-refractivity contribution in [1.29, 1.82) is 0 Å². The maximum Gasteiger partial charge on any atom is 0.222 e. The molecular weight excluding hydrogens is 319 g/mol. The normalized spacial score (nSPS) is 20.2. The number of aromatic nitrogens is 2. The Morgan fingerprint density at radius 2 is 1.84 bits per heavy atom. The second kappa shape index (κ2) is 8.52. The lowest BCUT2D eigenvalue weighted by Gasteiger charge is -2.25. The van der Waals surface area contributed by atoms with Crippen LogP contribution in [0.2, 0.25) is 0 Å². The number of halogens is 1. The minimum atomic E-state index is -0.515. The monoisotopic (exact) mass is 338 g/mol. The first-order valence-electron chi connectivity index (χ1n) is 8.18. The van der Waals surface area contributed by atoms with Gasteiger partial charge in [-0.3, -0.25) is 0 Å². The molecule has 1 fully saturated rings. The smallest absolute Gasteiger partial charge is 0.222 e. The van der Waals surface area contributed by atoms with Crippen molar-refractivity contribution >= 4 is 0 Å². The van der Waals surface area contributed by atoms with Crippen LogP contribution in [0.5, 0.6) is 0 Å². The standard InChI is InChI=1S/C20H19FN2O2/c1-2-3-4-16-13-24-19(25-14-16)10-5-15-11-22-20(23-12-15)17-6-8-18(21)9-7-17/h2-3,6-9,11-12,16,19H,4,13-14H2,1H3. The number of ether oxygens (including phenoxy) is 2. The van der Waals surface area contributed by atoms with Crippen molar-refractivity contribution in [2.24, 2.45) is 5.92 Å². The van der Waals surface area contributed by atoms with Gasteiger partial charge in [-0.25, -0.2) is 14.4 Å². The third-order valence-corrected chi connectivity index (χ3v) is 3.76. The second-order valence-electron chi connectivity index (χ2n) is 5.74. The highest BCUT2D eigenvalue weighted by Gasteiger charge is 2.19. The molecule has 0 unspecified atom stereocenters. The topological polar surface area (TPSA) is 44.2 Å². The molecule has 0 spiro atoms. The minimum Gasteiger partial charge on any atom is -0.342 e. The van der Waals surface area contributed by atoms with Gasteiger partial charge in [-0.15, -0.1) is 0 Å². The Morgan fingerprint density at radius 1 is 1.16 bits per heavy atom. The van der Waals surface area contributed by atoms with E-state index in [1.807, 2.05) is 13.0 Å². The maximum atomic E-state index is 12.9. The highest BCUT2D eigenvalue weighted by molar-refractivity contribution is 5.54. The third kappa shape index (κ3) is 4.96. The molecule has 128 valence electrons. The predicted molar refractivity (Wildman–Crippen MR) is 92.9 cm³/mol. The number of hydrogen-bond donors (Lipinski definition) is 0. The van der Waals surface area contributed by atoms with Crippen molar-refractivity contribution in [2.75, 3.05) is 13.2 Å². The van der Waals surface area contributed by atoms with Crippen LogP contribution in [0.1, 0.15) is 18.9 Å². The van der Waals surface area contributed by atoms with Crippen LogP contribution in [-0.4, -0.2) is 29.5 Å². The minimum absolute atomic E-state index is 0.285. The van der Waals surface area contributed by atoms with Gasteiger partial charge >= 0.3 is 0 Å². The Labute approximate surface area is 146 Å². The van der Waals surface area contributed by atoms with Gasteiger partial charge in [-0.05, 0) is 43.5 Å². The molecule has 3 rings (SSSR count). The molecule has 0 N–H and O–H groups in total. The molecule has 1 saturated heterocycles. The lowest BCUT2D eigenvalue weighted by molar-refractivity contribution is -0.168. The van der Waals surface area contributed by atoms with E-state index in [9.17, 15) is 4.39 Å². The van der Waals surface area contributed by atoms with Crippen molar-refractivity contribution in [2.45, 2.75) is 19.6 Å². The van der Waals surface area contributed by atoms with Crippen LogP contribution in [0.15, 0.2) is 48.8 Å². The summed E-state index contributed by atoms with van der Waals surface area (Å²) in [5.74, 6) is 6.53. The van der Waals surface area contributed by atoms with Crippen LogP contribution in [0.25, 0.3) is 11.4 Å². The molecule has 1 aromatic carbocycles. The van der Waals surface area contributed by atoms with E-state index in [-0.39, 0.29) is 5.82 Å². The Bertz CT molecular complexity index is 768. The summed E-state index contributed by atoms with van der Waals surface area (Å²) in [5, 5.41) is 0. The third-order valence-electron chi connectivity index (χ3n) is 3.76. The van der Waals surface area contributed by atoms with E-state index in [1.165, 1.54) is 12.1 Å². The number of allylic oxidation sites excluding steroid dienone is 2. The van der Waals surface area contributed by atoms with Crippen molar-refractivity contribution in [3.05, 3.63) is 60.2 Å². The first-order chi connectivity index (χ1) is 12.2. The first-order valence-corrected chi connectivity index (χ1v) is 8.18. The van der Waals surface area contributed by atoms with Gasteiger partial charge in [0.25, 0.3) is 0 Å². The van der Waals surface area contributed by atoms with Crippen LogP contribution in [-0.2, 0) is 9.47 Å². The number of hydrogen-bond acceptors (Lipinski definition) is 4. The largest absolute Gasteiger partial charge is 0.342 e. The summed E-state index contributed by atoms with van der Waals surface area (Å²) in [6.45, 7) is 3.29. The molecule has 2 heterocycles. The quantitative estimate of drug-likeness (QED) is 0.634. The van der Waals surface area contributed by atoms with Gasteiger partial charge in [0.15, 0.2) is 5.82 Å². The van der Waals surface area contributed by atoms with Gasteiger partial charge in [-0.2, -0.15) is 0 Å². The molecule has 0 aliphatic carbocycles. The van der Waals surface area contributed by atoms with Crippen molar-refractivity contribution < 1.29 is 13.9 Å². The summed E-state index contributed by atoms with van der Waals surface area (Å²) >= 11 is 0. The molecule has 0 amide bonds. The van der Waals surface area contributed by atoms with Gasteiger partial charge in [0.2, 0.25) is 6.29 Å². The van der Waals surface area contributed by atoms with E-state index in [4.69, 9.17) is 9.47 Å². The zero-order chi connectivity index (χ0) is 17.5. The maximum absolute atomic E-state index is 12.9. The number of nitrogens with zero attached hydrogens (tertiary/aromatic N) is 2. The fourth-order valence-corrected chi connectivity index (χ4v) is 2.37. The highest BCUT2D eigenvalue weighted by atomic mass is 19.1. The van der Waals surface area contributed by atoms with Gasteiger partial charge in [0.1, 0.15) is 5.82 Å². The van der Waals surface area contributed by atoms with Crippen LogP contribution in [0.3, 0.4) is 0 Å². The fourth-order valence-electron chi connectivity index (χ4n) is 2.37. The fraction of sp³-hybridized carbons (Fsp3) is 0.300. The zero-order valence-electron chi connectivity index (χ0n) is 14.0. The molecule has 1 aromatic heterocycles. The summed E-state index contributed by atoms with van der Waals surface area (Å²) in [6.07, 6.45) is 7.85. The van der Waals surface area contributed by atoms with Crippen LogP contribution >= 0.6 is 0 Å². The van der Waals surface area contributed by atoms with Crippen LogP contribution in [0, 0.1) is 23.6 Å². The van der Waals surface area contributed by atoms with E-state index < -0.39 is 6.29 Å². The lowest BCUT2D eigenvalue weighted by Crippen LogP contribution is -2.30. The van der Waals surface area contributed by atoms with E-state index >= 15 is 0 Å². The molecule has 4 nitrogen and oxygen atoms in total. The molecule has 25 heavy (non-hydrogen) atoms. The Balaban J connectivity index is 1.58. The number of rotatable bonds is 3. The summed E-state index contributed by atoms with van der Waals surface area (Å²) in [5.41, 5.74) is 1.43. The van der Waals surface area contributed by atoms with E-state index in [2.05, 4.69) is 27.9 Å². The van der Waals surface area contributed by atoms with Crippen LogP contribution < -0.4 is 0 Å². The van der Waals surface area contributed by atoms with Gasteiger partial charge in [0, 0.05) is 23.9 Å². The van der Waals surface area contributed by atoms with Gasteiger partial charge in [-0.1, -0.05) is 18.1 Å². The molecule has 0 radical (unpaired) electrons. The predicted octanol–water partition coefficient (Wildman–Crippen LogP) is 3.59. The average molecular weight is 338 g/mol. The molecule has 2 aromatic rings. The van der Waals surface area contributed by atoms with Crippen molar-refractivity contribution in [1.82, 2.24) is 9.97 Å². The zero-order valence-corrected chi connectivity index (χ0v) is 14.0. The molecule has 0 bridgehead atoms. The Hall–Kier alpha value is -2.55. The van der Waals surface area contributed by atoms with E-state index in [0.29, 0.717) is 30.5 Å². The van der Waals surface area contributed by atoms with Gasteiger partial charge < -0.3 is 9.47 Å².